The third kappa shape index (κ3) is 3.42. The van der Waals surface area contributed by atoms with E-state index in [4.69, 9.17) is 0 Å². The molecule has 1 atom stereocenters. The number of likely N-dealkylation sites (tertiary alicyclic amines) is 1. The number of fused-ring (bicyclic) bond motifs is 1. The van der Waals surface area contributed by atoms with Crippen molar-refractivity contribution in [3.05, 3.63) is 41.6 Å². The Bertz CT molecular complexity index is 608. The molecular weight excluding hydrogens is 258 g/mol. The molecule has 0 spiro atoms. The third-order valence-corrected chi connectivity index (χ3v) is 4.55. The second kappa shape index (κ2) is 6.54. The van der Waals surface area contributed by atoms with Gasteiger partial charge in [-0.2, -0.15) is 0 Å². The van der Waals surface area contributed by atoms with E-state index in [0.29, 0.717) is 6.04 Å². The number of para-hydroxylation sites is 1. The SMILES string of the molecule is Cc1cc(CNCC2CCCCN2C)c2ccccc2n1. The summed E-state index contributed by atoms with van der Waals surface area (Å²) < 4.78 is 0. The van der Waals surface area contributed by atoms with Gasteiger partial charge in [-0.05, 0) is 51.1 Å². The van der Waals surface area contributed by atoms with Gasteiger partial charge in [-0.3, -0.25) is 4.98 Å². The zero-order valence-corrected chi connectivity index (χ0v) is 13.1. The number of nitrogens with one attached hydrogen (secondary N) is 1. The molecule has 2 aromatic rings. The summed E-state index contributed by atoms with van der Waals surface area (Å²) in [6.07, 6.45) is 4.04. The van der Waals surface area contributed by atoms with Crippen molar-refractivity contribution in [3.63, 3.8) is 0 Å². The molecule has 21 heavy (non-hydrogen) atoms. The van der Waals surface area contributed by atoms with Crippen molar-refractivity contribution in [1.82, 2.24) is 15.2 Å². The van der Waals surface area contributed by atoms with Crippen LogP contribution in [-0.2, 0) is 6.54 Å². The Kier molecular flexibility index (Phi) is 4.51. The number of nitrogens with zero attached hydrogens (tertiary/aromatic N) is 2. The van der Waals surface area contributed by atoms with Crippen molar-refractivity contribution in [2.24, 2.45) is 0 Å². The molecule has 2 heterocycles. The first kappa shape index (κ1) is 14.5. The van der Waals surface area contributed by atoms with Gasteiger partial charge in [0.1, 0.15) is 0 Å². The molecule has 0 radical (unpaired) electrons. The highest BCUT2D eigenvalue weighted by molar-refractivity contribution is 5.82. The lowest BCUT2D eigenvalue weighted by atomic mass is 10.0. The molecule has 1 aromatic heterocycles. The van der Waals surface area contributed by atoms with Gasteiger partial charge in [-0.15, -0.1) is 0 Å². The van der Waals surface area contributed by atoms with Gasteiger partial charge < -0.3 is 10.2 Å². The van der Waals surface area contributed by atoms with Crippen LogP contribution in [0.15, 0.2) is 30.3 Å². The van der Waals surface area contributed by atoms with Crippen LogP contribution >= 0.6 is 0 Å². The third-order valence-electron chi connectivity index (χ3n) is 4.55. The van der Waals surface area contributed by atoms with E-state index in [9.17, 15) is 0 Å². The van der Waals surface area contributed by atoms with Crippen molar-refractivity contribution >= 4 is 10.9 Å². The summed E-state index contributed by atoms with van der Waals surface area (Å²) in [5.41, 5.74) is 3.56. The summed E-state index contributed by atoms with van der Waals surface area (Å²) in [7, 11) is 2.25. The number of rotatable bonds is 4. The quantitative estimate of drug-likeness (QED) is 0.934. The Hall–Kier alpha value is -1.45. The zero-order valence-electron chi connectivity index (χ0n) is 13.1. The second-order valence-corrected chi connectivity index (χ2v) is 6.20. The monoisotopic (exact) mass is 283 g/mol. The molecule has 0 aliphatic carbocycles. The van der Waals surface area contributed by atoms with Crippen LogP contribution in [0.5, 0.6) is 0 Å². The molecule has 1 aliphatic rings. The Morgan fingerprint density at radius 1 is 1.29 bits per heavy atom. The van der Waals surface area contributed by atoms with Gasteiger partial charge in [0.2, 0.25) is 0 Å². The maximum Gasteiger partial charge on any atom is 0.0708 e. The van der Waals surface area contributed by atoms with E-state index in [1.54, 1.807) is 0 Å². The lowest BCUT2D eigenvalue weighted by molar-refractivity contribution is 0.181. The number of benzene rings is 1. The van der Waals surface area contributed by atoms with Crippen molar-refractivity contribution in [2.45, 2.75) is 38.8 Å². The number of aromatic nitrogens is 1. The molecule has 1 fully saturated rings. The molecule has 0 amide bonds. The molecule has 1 unspecified atom stereocenters. The van der Waals surface area contributed by atoms with E-state index in [2.05, 4.69) is 59.5 Å². The first-order valence-corrected chi connectivity index (χ1v) is 8.00. The number of aryl methyl sites for hydroxylation is 1. The maximum atomic E-state index is 4.61. The summed E-state index contributed by atoms with van der Waals surface area (Å²) in [6.45, 7) is 5.31. The zero-order chi connectivity index (χ0) is 14.7. The lowest BCUT2D eigenvalue weighted by Gasteiger charge is -2.32. The normalized spacial score (nSPS) is 20.0. The second-order valence-electron chi connectivity index (χ2n) is 6.20. The Morgan fingerprint density at radius 3 is 3.00 bits per heavy atom. The topological polar surface area (TPSA) is 28.2 Å². The van der Waals surface area contributed by atoms with Gasteiger partial charge in [0.15, 0.2) is 0 Å². The smallest absolute Gasteiger partial charge is 0.0708 e. The lowest BCUT2D eigenvalue weighted by Crippen LogP contribution is -2.42. The molecule has 3 nitrogen and oxygen atoms in total. The van der Waals surface area contributed by atoms with Crippen LogP contribution in [-0.4, -0.2) is 36.1 Å². The van der Waals surface area contributed by atoms with Crippen LogP contribution in [0.4, 0.5) is 0 Å². The average Bonchev–Trinajstić information content (AvgIpc) is 2.49. The van der Waals surface area contributed by atoms with Crippen LogP contribution in [0.2, 0.25) is 0 Å². The largest absolute Gasteiger partial charge is 0.311 e. The Morgan fingerprint density at radius 2 is 2.14 bits per heavy atom. The standard InChI is InChI=1S/C18H25N3/c1-14-11-15(17-8-3-4-9-18(17)20-14)12-19-13-16-7-5-6-10-21(16)2/h3-4,8-9,11,16,19H,5-7,10,12-13H2,1-2H3. The van der Waals surface area contributed by atoms with Gasteiger partial charge in [0, 0.05) is 30.2 Å². The van der Waals surface area contributed by atoms with Crippen molar-refractivity contribution in [1.29, 1.82) is 0 Å². The van der Waals surface area contributed by atoms with Crippen LogP contribution < -0.4 is 5.32 Å². The molecule has 1 aromatic carbocycles. The Labute approximate surface area is 127 Å². The predicted octanol–water partition coefficient (Wildman–Crippen LogP) is 3.12. The number of hydrogen-bond acceptors (Lipinski definition) is 3. The van der Waals surface area contributed by atoms with Gasteiger partial charge in [0.25, 0.3) is 0 Å². The fourth-order valence-electron chi connectivity index (χ4n) is 3.32. The summed E-state index contributed by atoms with van der Waals surface area (Å²) in [5.74, 6) is 0. The molecule has 3 heteroatoms. The maximum absolute atomic E-state index is 4.61. The van der Waals surface area contributed by atoms with E-state index in [1.807, 2.05) is 0 Å². The van der Waals surface area contributed by atoms with Gasteiger partial charge in [-0.1, -0.05) is 24.6 Å². The highest BCUT2D eigenvalue weighted by Gasteiger charge is 2.18. The highest BCUT2D eigenvalue weighted by Crippen LogP contribution is 2.18. The fraction of sp³-hybridized carbons (Fsp3) is 0.500. The minimum Gasteiger partial charge on any atom is -0.311 e. The number of likely N-dealkylation sites (N-methyl/N-ethyl adjacent to an activating group) is 1. The first-order valence-electron chi connectivity index (χ1n) is 8.00. The summed E-state index contributed by atoms with van der Waals surface area (Å²) in [5, 5.41) is 4.92. The Balaban J connectivity index is 1.67. The van der Waals surface area contributed by atoms with Crippen LogP contribution in [0.25, 0.3) is 10.9 Å². The average molecular weight is 283 g/mol. The van der Waals surface area contributed by atoms with E-state index in [1.165, 1.54) is 36.8 Å². The van der Waals surface area contributed by atoms with Crippen LogP contribution in [0, 0.1) is 6.92 Å². The van der Waals surface area contributed by atoms with Crippen molar-refractivity contribution < 1.29 is 0 Å². The van der Waals surface area contributed by atoms with Crippen molar-refractivity contribution in [3.8, 4) is 0 Å². The van der Waals surface area contributed by atoms with Gasteiger partial charge in [0.05, 0.1) is 5.52 Å². The number of hydrogen-bond donors (Lipinski definition) is 1. The summed E-state index contributed by atoms with van der Waals surface area (Å²) >= 11 is 0. The van der Waals surface area contributed by atoms with E-state index in [-0.39, 0.29) is 0 Å². The molecule has 0 saturated carbocycles. The predicted molar refractivity (Wildman–Crippen MR) is 88.5 cm³/mol. The van der Waals surface area contributed by atoms with Crippen LogP contribution in [0.1, 0.15) is 30.5 Å². The number of piperidine rings is 1. The molecule has 1 saturated heterocycles. The molecule has 1 aliphatic heterocycles. The molecular formula is C18H25N3. The summed E-state index contributed by atoms with van der Waals surface area (Å²) in [4.78, 5) is 7.10. The molecule has 112 valence electrons. The van der Waals surface area contributed by atoms with Crippen molar-refractivity contribution in [2.75, 3.05) is 20.1 Å². The van der Waals surface area contributed by atoms with E-state index in [0.717, 1.165) is 24.3 Å². The molecule has 1 N–H and O–H groups in total. The van der Waals surface area contributed by atoms with Gasteiger partial charge in [-0.25, -0.2) is 0 Å². The van der Waals surface area contributed by atoms with Crippen LogP contribution in [0.3, 0.4) is 0 Å². The number of pyridine rings is 1. The minimum atomic E-state index is 0.688. The molecule has 0 bridgehead atoms. The summed E-state index contributed by atoms with van der Waals surface area (Å²) in [6, 6.07) is 11.3. The van der Waals surface area contributed by atoms with Gasteiger partial charge >= 0.3 is 0 Å². The minimum absolute atomic E-state index is 0.688. The fourth-order valence-corrected chi connectivity index (χ4v) is 3.32. The van der Waals surface area contributed by atoms with E-state index < -0.39 is 0 Å². The first-order chi connectivity index (χ1) is 10.2. The highest BCUT2D eigenvalue weighted by atomic mass is 15.2. The van der Waals surface area contributed by atoms with E-state index >= 15 is 0 Å². The molecule has 3 rings (SSSR count).